The number of fused-ring (bicyclic) bond motifs is 1. The quantitative estimate of drug-likeness (QED) is 0.475. The molecule has 3 aromatic carbocycles. The number of carboxylic acids is 1. The molecular weight excluding hydrogens is 422 g/mol. The fraction of sp³-hybridized carbons (Fsp3) is 0.120. The van der Waals surface area contributed by atoms with Crippen molar-refractivity contribution >= 4 is 22.8 Å². The highest BCUT2D eigenvalue weighted by Crippen LogP contribution is 2.12. The van der Waals surface area contributed by atoms with Gasteiger partial charge in [0.15, 0.2) is 0 Å². The van der Waals surface area contributed by atoms with Crippen LogP contribution < -0.4 is 16.6 Å². The number of carbonyl (C=O) groups is 2. The first kappa shape index (κ1) is 21.8. The van der Waals surface area contributed by atoms with Gasteiger partial charge in [-0.2, -0.15) is 0 Å². The Bertz CT molecular complexity index is 1470. The van der Waals surface area contributed by atoms with Crippen molar-refractivity contribution in [3.63, 3.8) is 0 Å². The van der Waals surface area contributed by atoms with Crippen molar-refractivity contribution < 1.29 is 14.7 Å². The molecule has 0 spiro atoms. The number of hydrogen-bond acceptors (Lipinski definition) is 4. The summed E-state index contributed by atoms with van der Waals surface area (Å²) in [5.41, 5.74) is 1.55. The van der Waals surface area contributed by atoms with Gasteiger partial charge < -0.3 is 10.4 Å². The standard InChI is InChI=1S/C25H21N3O5/c1-27-21-12-11-19(22(29)26-14-16-7-9-18(10-8-16)24(31)32)13-20(21)23(30)28(25(27)33)15-17-5-3-2-4-6-17/h2-13H,14-15H2,1H3,(H,26,29)(H,31,32). The molecule has 1 amide bonds. The number of rotatable bonds is 6. The van der Waals surface area contributed by atoms with Gasteiger partial charge in [0.1, 0.15) is 0 Å². The third kappa shape index (κ3) is 4.45. The van der Waals surface area contributed by atoms with Gasteiger partial charge in [0.05, 0.1) is 23.0 Å². The van der Waals surface area contributed by atoms with Crippen LogP contribution in [0.15, 0.2) is 82.4 Å². The number of aromatic carboxylic acids is 1. The lowest BCUT2D eigenvalue weighted by Crippen LogP contribution is -2.39. The number of carbonyl (C=O) groups excluding carboxylic acids is 1. The second kappa shape index (κ2) is 8.96. The lowest BCUT2D eigenvalue weighted by atomic mass is 10.1. The Morgan fingerprint density at radius 1 is 0.879 bits per heavy atom. The molecule has 0 aliphatic heterocycles. The maximum atomic E-state index is 13.1. The summed E-state index contributed by atoms with van der Waals surface area (Å²) < 4.78 is 2.55. The molecule has 4 rings (SSSR count). The number of aromatic nitrogens is 2. The van der Waals surface area contributed by atoms with Gasteiger partial charge in [-0.3, -0.25) is 18.7 Å². The zero-order chi connectivity index (χ0) is 23.5. The summed E-state index contributed by atoms with van der Waals surface area (Å²) in [6, 6.07) is 20.0. The number of nitrogens with zero attached hydrogens (tertiary/aromatic N) is 2. The zero-order valence-corrected chi connectivity index (χ0v) is 17.8. The van der Waals surface area contributed by atoms with E-state index >= 15 is 0 Å². The van der Waals surface area contributed by atoms with Gasteiger partial charge >= 0.3 is 11.7 Å². The van der Waals surface area contributed by atoms with Crippen molar-refractivity contribution in [1.29, 1.82) is 0 Å². The normalized spacial score (nSPS) is 10.8. The average Bonchev–Trinajstić information content (AvgIpc) is 2.84. The molecule has 1 heterocycles. The summed E-state index contributed by atoms with van der Waals surface area (Å²) in [6.07, 6.45) is 0. The molecule has 0 unspecified atom stereocenters. The number of benzene rings is 3. The minimum Gasteiger partial charge on any atom is -0.478 e. The third-order valence-corrected chi connectivity index (χ3v) is 5.45. The van der Waals surface area contributed by atoms with Crippen LogP contribution in [0.1, 0.15) is 31.8 Å². The van der Waals surface area contributed by atoms with Crippen molar-refractivity contribution in [2.45, 2.75) is 13.1 Å². The Labute approximate surface area is 188 Å². The molecule has 0 saturated heterocycles. The molecule has 0 fully saturated rings. The number of amides is 1. The van der Waals surface area contributed by atoms with Gasteiger partial charge in [0.25, 0.3) is 11.5 Å². The van der Waals surface area contributed by atoms with Gasteiger partial charge in [-0.25, -0.2) is 9.59 Å². The average molecular weight is 443 g/mol. The molecule has 33 heavy (non-hydrogen) atoms. The molecule has 166 valence electrons. The molecule has 1 aromatic heterocycles. The van der Waals surface area contributed by atoms with E-state index in [1.807, 2.05) is 30.3 Å². The molecule has 0 bridgehead atoms. The lowest BCUT2D eigenvalue weighted by Gasteiger charge is -2.12. The van der Waals surface area contributed by atoms with Gasteiger partial charge in [0, 0.05) is 19.2 Å². The summed E-state index contributed by atoms with van der Waals surface area (Å²) in [5, 5.41) is 12.0. The zero-order valence-electron chi connectivity index (χ0n) is 17.8. The summed E-state index contributed by atoms with van der Waals surface area (Å²) >= 11 is 0. The topological polar surface area (TPSA) is 110 Å². The van der Waals surface area contributed by atoms with Crippen LogP contribution >= 0.6 is 0 Å². The van der Waals surface area contributed by atoms with Crippen molar-refractivity contribution in [1.82, 2.24) is 14.5 Å². The lowest BCUT2D eigenvalue weighted by molar-refractivity contribution is 0.0696. The van der Waals surface area contributed by atoms with Crippen molar-refractivity contribution in [2.24, 2.45) is 7.05 Å². The van der Waals surface area contributed by atoms with E-state index in [2.05, 4.69) is 5.32 Å². The van der Waals surface area contributed by atoms with Crippen LogP contribution in [0.3, 0.4) is 0 Å². The Balaban J connectivity index is 1.62. The number of carboxylic acid groups (broad SMARTS) is 1. The number of hydrogen-bond donors (Lipinski definition) is 2. The molecule has 2 N–H and O–H groups in total. The summed E-state index contributed by atoms with van der Waals surface area (Å²) in [4.78, 5) is 49.5. The molecule has 0 aliphatic rings. The third-order valence-electron chi connectivity index (χ3n) is 5.45. The maximum Gasteiger partial charge on any atom is 0.335 e. The van der Waals surface area contributed by atoms with Crippen LogP contribution in [-0.4, -0.2) is 26.1 Å². The van der Waals surface area contributed by atoms with Gasteiger partial charge in [-0.05, 0) is 41.5 Å². The smallest absolute Gasteiger partial charge is 0.335 e. The molecule has 8 heteroatoms. The molecule has 4 aromatic rings. The molecule has 0 saturated carbocycles. The molecular formula is C25H21N3O5. The Morgan fingerprint density at radius 3 is 2.21 bits per heavy atom. The summed E-state index contributed by atoms with van der Waals surface area (Å²) in [6.45, 7) is 0.327. The van der Waals surface area contributed by atoms with Crippen molar-refractivity contribution in [2.75, 3.05) is 0 Å². The second-order valence-corrected chi connectivity index (χ2v) is 7.64. The first-order valence-electron chi connectivity index (χ1n) is 10.2. The van der Waals surface area contributed by atoms with E-state index in [4.69, 9.17) is 5.11 Å². The Morgan fingerprint density at radius 2 is 1.55 bits per heavy atom. The van der Waals surface area contributed by atoms with Crippen LogP contribution in [0.2, 0.25) is 0 Å². The number of nitrogens with one attached hydrogen (secondary N) is 1. The fourth-order valence-corrected chi connectivity index (χ4v) is 3.61. The predicted octanol–water partition coefficient (Wildman–Crippen LogP) is 2.38. The van der Waals surface area contributed by atoms with Crippen LogP contribution in [0, 0.1) is 0 Å². The highest BCUT2D eigenvalue weighted by molar-refractivity contribution is 5.97. The summed E-state index contributed by atoms with van der Waals surface area (Å²) in [7, 11) is 1.59. The van der Waals surface area contributed by atoms with E-state index < -0.39 is 17.2 Å². The monoisotopic (exact) mass is 443 g/mol. The van der Waals surface area contributed by atoms with Crippen molar-refractivity contribution in [3.8, 4) is 0 Å². The molecule has 8 nitrogen and oxygen atoms in total. The Hall–Kier alpha value is -4.46. The van der Waals surface area contributed by atoms with Crippen LogP contribution in [-0.2, 0) is 20.1 Å². The van der Waals surface area contributed by atoms with E-state index in [1.54, 1.807) is 31.3 Å². The van der Waals surface area contributed by atoms with E-state index in [-0.39, 0.29) is 35.5 Å². The molecule has 0 radical (unpaired) electrons. The second-order valence-electron chi connectivity index (χ2n) is 7.64. The maximum absolute atomic E-state index is 13.1. The van der Waals surface area contributed by atoms with Gasteiger partial charge in [-0.1, -0.05) is 42.5 Å². The van der Waals surface area contributed by atoms with E-state index in [9.17, 15) is 19.2 Å². The van der Waals surface area contributed by atoms with Crippen LogP contribution in [0.25, 0.3) is 10.9 Å². The van der Waals surface area contributed by atoms with Crippen molar-refractivity contribution in [3.05, 3.63) is 116 Å². The van der Waals surface area contributed by atoms with Gasteiger partial charge in [-0.15, -0.1) is 0 Å². The van der Waals surface area contributed by atoms with Crippen LogP contribution in [0.5, 0.6) is 0 Å². The summed E-state index contributed by atoms with van der Waals surface area (Å²) in [5.74, 6) is -1.41. The van der Waals surface area contributed by atoms with E-state index in [0.717, 1.165) is 15.7 Å². The minimum atomic E-state index is -1.02. The SMILES string of the molecule is Cn1c(=O)n(Cc2ccccc2)c(=O)c2cc(C(=O)NCc3ccc(C(=O)O)cc3)ccc21. The minimum absolute atomic E-state index is 0.130. The molecule has 0 atom stereocenters. The predicted molar refractivity (Wildman–Crippen MR) is 124 cm³/mol. The largest absolute Gasteiger partial charge is 0.478 e. The van der Waals surface area contributed by atoms with E-state index in [1.165, 1.54) is 22.8 Å². The molecule has 0 aliphatic carbocycles. The Kier molecular flexibility index (Phi) is 5.91. The number of aryl methyl sites for hydroxylation is 1. The van der Waals surface area contributed by atoms with Crippen LogP contribution in [0.4, 0.5) is 0 Å². The van der Waals surface area contributed by atoms with E-state index in [0.29, 0.717) is 5.52 Å². The highest BCUT2D eigenvalue weighted by atomic mass is 16.4. The van der Waals surface area contributed by atoms with Gasteiger partial charge in [0.2, 0.25) is 0 Å². The fourth-order valence-electron chi connectivity index (χ4n) is 3.61. The highest BCUT2D eigenvalue weighted by Gasteiger charge is 2.14. The first-order chi connectivity index (χ1) is 15.8. The first-order valence-corrected chi connectivity index (χ1v) is 10.2.